The van der Waals surface area contributed by atoms with Crippen LogP contribution in [0.3, 0.4) is 0 Å². The van der Waals surface area contributed by atoms with Crippen LogP contribution < -0.4 is 5.32 Å². The Labute approximate surface area is 137 Å². The summed E-state index contributed by atoms with van der Waals surface area (Å²) in [6.07, 6.45) is 8.29. The molecule has 2 saturated heterocycles. The third kappa shape index (κ3) is 3.13. The van der Waals surface area contributed by atoms with Crippen molar-refractivity contribution in [1.82, 2.24) is 20.2 Å². The molecule has 5 nitrogen and oxygen atoms in total. The van der Waals surface area contributed by atoms with Gasteiger partial charge in [-0.15, -0.1) is 0 Å². The first-order valence-corrected chi connectivity index (χ1v) is 8.81. The molecule has 2 fully saturated rings. The average molecular weight is 314 g/mol. The highest BCUT2D eigenvalue weighted by atomic mass is 16.3. The van der Waals surface area contributed by atoms with Gasteiger partial charge in [-0.2, -0.15) is 0 Å². The van der Waals surface area contributed by atoms with E-state index in [9.17, 15) is 5.11 Å². The number of rotatable bonds is 3. The number of pyridine rings is 1. The number of likely N-dealkylation sites (tertiary alicyclic amines) is 1. The maximum absolute atomic E-state index is 10.7. The number of β-amino-alcohol motifs (C(OH)–C–C–N with tert-alkyl or cyclic N) is 1. The molecule has 0 radical (unpaired) electrons. The second-order valence-electron chi connectivity index (χ2n) is 7.20. The van der Waals surface area contributed by atoms with E-state index in [2.05, 4.69) is 32.4 Å². The number of aromatic amines is 1. The van der Waals surface area contributed by atoms with Gasteiger partial charge >= 0.3 is 0 Å². The molecule has 2 aromatic rings. The lowest BCUT2D eigenvalue weighted by molar-refractivity contribution is -0.0203. The Hall–Kier alpha value is -1.43. The largest absolute Gasteiger partial charge is 0.387 e. The molecular weight excluding hydrogens is 288 g/mol. The molecule has 4 heterocycles. The van der Waals surface area contributed by atoms with Crippen LogP contribution in [0.2, 0.25) is 0 Å². The Morgan fingerprint density at radius 1 is 1.35 bits per heavy atom. The van der Waals surface area contributed by atoms with Crippen molar-refractivity contribution in [2.45, 2.75) is 37.2 Å². The van der Waals surface area contributed by atoms with E-state index >= 15 is 0 Å². The highest BCUT2D eigenvalue weighted by Gasteiger charge is 2.33. The molecule has 0 bridgehead atoms. The normalized spacial score (nSPS) is 27.5. The maximum atomic E-state index is 10.7. The van der Waals surface area contributed by atoms with Crippen LogP contribution in [0.4, 0.5) is 0 Å². The minimum Gasteiger partial charge on any atom is -0.387 e. The molecule has 4 rings (SSSR count). The number of aromatic nitrogens is 2. The fraction of sp³-hybridized carbons (Fsp3) is 0.611. The van der Waals surface area contributed by atoms with Crippen molar-refractivity contribution in [2.75, 3.05) is 32.7 Å². The standard InChI is InChI=1S/C18H26N4O/c23-18(6-2-7-19-12-18)13-22-9-4-14(5-10-22)16-11-21-17-15(16)3-1-8-20-17/h1,3,8,11,14,19,23H,2,4-7,9-10,12-13H2,(H,20,21). The number of H-pyrrole nitrogens is 1. The first-order valence-electron chi connectivity index (χ1n) is 8.81. The SMILES string of the molecule is OC1(CN2CCC(c3c[nH]c4ncccc34)CC2)CCCNC1. The van der Waals surface area contributed by atoms with Gasteiger partial charge in [0.2, 0.25) is 0 Å². The smallest absolute Gasteiger partial charge is 0.137 e. The van der Waals surface area contributed by atoms with Crippen molar-refractivity contribution in [2.24, 2.45) is 0 Å². The van der Waals surface area contributed by atoms with Gasteiger partial charge in [0.05, 0.1) is 5.60 Å². The summed E-state index contributed by atoms with van der Waals surface area (Å²) >= 11 is 0. The second-order valence-corrected chi connectivity index (χ2v) is 7.20. The summed E-state index contributed by atoms with van der Waals surface area (Å²) in [6, 6.07) is 4.18. The van der Waals surface area contributed by atoms with Crippen LogP contribution in [-0.4, -0.2) is 58.3 Å². The van der Waals surface area contributed by atoms with Crippen molar-refractivity contribution in [3.8, 4) is 0 Å². The number of fused-ring (bicyclic) bond motifs is 1. The molecular formula is C18H26N4O. The first kappa shape index (κ1) is 15.1. The van der Waals surface area contributed by atoms with E-state index < -0.39 is 5.60 Å². The summed E-state index contributed by atoms with van der Waals surface area (Å²) in [5.74, 6) is 0.600. The Kier molecular flexibility index (Phi) is 4.09. The minimum absolute atomic E-state index is 0.532. The molecule has 0 saturated carbocycles. The van der Waals surface area contributed by atoms with E-state index in [0.29, 0.717) is 5.92 Å². The molecule has 2 aromatic heterocycles. The molecule has 1 atom stereocenters. The molecule has 5 heteroatoms. The van der Waals surface area contributed by atoms with Crippen LogP contribution in [0.1, 0.15) is 37.2 Å². The summed E-state index contributed by atoms with van der Waals surface area (Å²) in [5.41, 5.74) is 1.87. The molecule has 0 aromatic carbocycles. The summed E-state index contributed by atoms with van der Waals surface area (Å²) in [5, 5.41) is 15.3. The summed E-state index contributed by atoms with van der Waals surface area (Å²) in [4.78, 5) is 10.1. The van der Waals surface area contributed by atoms with E-state index in [1.165, 1.54) is 10.9 Å². The fourth-order valence-corrected chi connectivity index (χ4v) is 4.22. The van der Waals surface area contributed by atoms with Crippen molar-refractivity contribution in [1.29, 1.82) is 0 Å². The minimum atomic E-state index is -0.532. The van der Waals surface area contributed by atoms with Gasteiger partial charge in [-0.05, 0) is 68.9 Å². The zero-order chi connectivity index (χ0) is 15.7. The molecule has 124 valence electrons. The quantitative estimate of drug-likeness (QED) is 0.809. The topological polar surface area (TPSA) is 64.2 Å². The Balaban J connectivity index is 1.39. The van der Waals surface area contributed by atoms with Crippen LogP contribution in [0.15, 0.2) is 24.5 Å². The number of nitrogens with one attached hydrogen (secondary N) is 2. The van der Waals surface area contributed by atoms with E-state index in [4.69, 9.17) is 0 Å². The zero-order valence-corrected chi connectivity index (χ0v) is 13.6. The zero-order valence-electron chi connectivity index (χ0n) is 13.6. The van der Waals surface area contributed by atoms with Gasteiger partial charge in [0.1, 0.15) is 5.65 Å². The molecule has 2 aliphatic rings. The first-order chi connectivity index (χ1) is 11.2. The number of nitrogens with zero attached hydrogens (tertiary/aromatic N) is 2. The fourth-order valence-electron chi connectivity index (χ4n) is 4.22. The average Bonchev–Trinajstić information content (AvgIpc) is 3.00. The van der Waals surface area contributed by atoms with Crippen LogP contribution >= 0.6 is 0 Å². The lowest BCUT2D eigenvalue weighted by Crippen LogP contribution is -2.54. The van der Waals surface area contributed by atoms with Crippen molar-refractivity contribution < 1.29 is 5.11 Å². The van der Waals surface area contributed by atoms with E-state index in [-0.39, 0.29) is 0 Å². The lowest BCUT2D eigenvalue weighted by Gasteiger charge is -2.40. The second kappa shape index (κ2) is 6.23. The maximum Gasteiger partial charge on any atom is 0.137 e. The molecule has 0 amide bonds. The van der Waals surface area contributed by atoms with Crippen LogP contribution in [-0.2, 0) is 0 Å². The number of hydrogen-bond acceptors (Lipinski definition) is 4. The van der Waals surface area contributed by atoms with Crippen LogP contribution in [0.5, 0.6) is 0 Å². The number of hydrogen-bond donors (Lipinski definition) is 3. The van der Waals surface area contributed by atoms with Gasteiger partial charge in [-0.25, -0.2) is 4.98 Å². The van der Waals surface area contributed by atoms with Gasteiger partial charge in [-0.1, -0.05) is 0 Å². The molecule has 23 heavy (non-hydrogen) atoms. The Morgan fingerprint density at radius 3 is 3.00 bits per heavy atom. The molecule has 0 aliphatic carbocycles. The van der Waals surface area contributed by atoms with E-state index in [1.807, 2.05) is 12.3 Å². The summed E-state index contributed by atoms with van der Waals surface area (Å²) in [7, 11) is 0. The van der Waals surface area contributed by atoms with Gasteiger partial charge in [0, 0.05) is 30.9 Å². The highest BCUT2D eigenvalue weighted by molar-refractivity contribution is 5.80. The van der Waals surface area contributed by atoms with Gasteiger partial charge < -0.3 is 20.3 Å². The van der Waals surface area contributed by atoms with Crippen molar-refractivity contribution in [3.63, 3.8) is 0 Å². The van der Waals surface area contributed by atoms with Crippen LogP contribution in [0, 0.1) is 0 Å². The predicted octanol–water partition coefficient (Wildman–Crippen LogP) is 1.86. The Morgan fingerprint density at radius 2 is 2.22 bits per heavy atom. The highest BCUT2D eigenvalue weighted by Crippen LogP contribution is 2.33. The summed E-state index contributed by atoms with van der Waals surface area (Å²) in [6.45, 7) is 4.72. The molecule has 3 N–H and O–H groups in total. The van der Waals surface area contributed by atoms with Crippen molar-refractivity contribution >= 4 is 11.0 Å². The lowest BCUT2D eigenvalue weighted by atomic mass is 9.87. The summed E-state index contributed by atoms with van der Waals surface area (Å²) < 4.78 is 0. The predicted molar refractivity (Wildman–Crippen MR) is 91.6 cm³/mol. The number of aliphatic hydroxyl groups is 1. The van der Waals surface area contributed by atoms with Gasteiger partial charge in [-0.3, -0.25) is 0 Å². The van der Waals surface area contributed by atoms with Gasteiger partial charge in [0.25, 0.3) is 0 Å². The molecule has 2 aliphatic heterocycles. The van der Waals surface area contributed by atoms with Crippen molar-refractivity contribution in [3.05, 3.63) is 30.1 Å². The van der Waals surface area contributed by atoms with E-state index in [0.717, 1.165) is 64.1 Å². The third-order valence-electron chi connectivity index (χ3n) is 5.48. The Bertz CT molecular complexity index is 654. The molecule has 1 unspecified atom stereocenters. The monoisotopic (exact) mass is 314 g/mol. The van der Waals surface area contributed by atoms with Gasteiger partial charge in [0.15, 0.2) is 0 Å². The van der Waals surface area contributed by atoms with E-state index in [1.54, 1.807) is 0 Å². The third-order valence-corrected chi connectivity index (χ3v) is 5.48. The van der Waals surface area contributed by atoms with Crippen LogP contribution in [0.25, 0.3) is 11.0 Å². The molecule has 0 spiro atoms. The number of piperidine rings is 2.